The average molecular weight is 432 g/mol. The summed E-state index contributed by atoms with van der Waals surface area (Å²) in [5, 5.41) is 4.57. The summed E-state index contributed by atoms with van der Waals surface area (Å²) in [5.41, 5.74) is 4.83. The van der Waals surface area contributed by atoms with E-state index in [-0.39, 0.29) is 0 Å². The normalized spacial score (nSPS) is 10.3. The van der Waals surface area contributed by atoms with Crippen molar-refractivity contribution >= 4 is 22.5 Å². The molecule has 1 aromatic heterocycles. The van der Waals surface area contributed by atoms with Crippen LogP contribution in [-0.2, 0) is 13.0 Å². The van der Waals surface area contributed by atoms with Crippen LogP contribution in [0.5, 0.6) is 0 Å². The molecule has 0 saturated heterocycles. The number of fused-ring (bicyclic) bond motifs is 1. The number of hydrogen-bond donors (Lipinski definition) is 2. The summed E-state index contributed by atoms with van der Waals surface area (Å²) in [4.78, 5) is 5.21. The molecule has 0 amide bonds. The fourth-order valence-electron chi connectivity index (χ4n) is 3.03. The Labute approximate surface area is 182 Å². The van der Waals surface area contributed by atoms with Gasteiger partial charge in [-0.3, -0.25) is 0 Å². The smallest absolute Gasteiger partial charge is 0.159 e. The van der Waals surface area contributed by atoms with Gasteiger partial charge >= 0.3 is 0 Å². The van der Waals surface area contributed by atoms with Crippen LogP contribution >= 0.6 is 11.6 Å². The van der Waals surface area contributed by atoms with Crippen molar-refractivity contribution < 1.29 is 8.78 Å². The molecule has 1 heterocycles. The first-order chi connectivity index (χ1) is 14.3. The monoisotopic (exact) mass is 431 g/mol. The topological polar surface area (TPSA) is 31.1 Å². The number of halogens is 3. The summed E-state index contributed by atoms with van der Waals surface area (Å²) in [5.74, 6) is -1.66. The lowest BCUT2D eigenvalue weighted by Gasteiger charge is -2.22. The van der Waals surface area contributed by atoms with Gasteiger partial charge in [-0.2, -0.15) is 0 Å². The molecule has 0 aliphatic heterocycles. The van der Waals surface area contributed by atoms with Crippen LogP contribution in [0.2, 0.25) is 5.02 Å². The van der Waals surface area contributed by atoms with Crippen LogP contribution in [0.3, 0.4) is 0 Å². The zero-order chi connectivity index (χ0) is 22.3. The average Bonchev–Trinajstić information content (AvgIpc) is 3.15. The van der Waals surface area contributed by atoms with Gasteiger partial charge < -0.3 is 15.2 Å². The van der Waals surface area contributed by atoms with Crippen molar-refractivity contribution in [3.63, 3.8) is 0 Å². The Bertz CT molecular complexity index is 1030. The van der Waals surface area contributed by atoms with Gasteiger partial charge in [-0.05, 0) is 54.8 Å². The molecule has 0 aliphatic rings. The fourth-order valence-corrected chi connectivity index (χ4v) is 3.25. The third-order valence-electron chi connectivity index (χ3n) is 4.90. The number of hydrogen-bond acceptors (Lipinski definition) is 2. The van der Waals surface area contributed by atoms with Gasteiger partial charge in [0.05, 0.1) is 10.5 Å². The molecular weight excluding hydrogens is 404 g/mol. The van der Waals surface area contributed by atoms with E-state index in [4.69, 9.17) is 11.6 Å². The Morgan fingerprint density at radius 1 is 1.23 bits per heavy atom. The second-order valence-corrected chi connectivity index (χ2v) is 7.47. The number of nitrogens with zero attached hydrogens (tertiary/aromatic N) is 1. The predicted molar refractivity (Wildman–Crippen MR) is 123 cm³/mol. The Morgan fingerprint density at radius 2 is 1.93 bits per heavy atom. The van der Waals surface area contributed by atoms with E-state index >= 15 is 0 Å². The van der Waals surface area contributed by atoms with Crippen molar-refractivity contribution in [2.75, 3.05) is 14.1 Å². The van der Waals surface area contributed by atoms with E-state index in [2.05, 4.69) is 29.5 Å². The van der Waals surface area contributed by atoms with Gasteiger partial charge in [0, 0.05) is 37.9 Å². The maximum atomic E-state index is 13.3. The minimum absolute atomic E-state index is 0.481. The van der Waals surface area contributed by atoms with Crippen molar-refractivity contribution in [3.05, 3.63) is 94.9 Å². The third-order valence-corrected chi connectivity index (χ3v) is 5.39. The van der Waals surface area contributed by atoms with E-state index in [1.165, 1.54) is 11.6 Å². The number of aromatic amines is 1. The second-order valence-electron chi connectivity index (χ2n) is 7.10. The number of aryl methyl sites for hydroxylation is 2. The molecule has 0 atom stereocenters. The zero-order valence-corrected chi connectivity index (χ0v) is 18.4. The van der Waals surface area contributed by atoms with Crippen LogP contribution in [0.1, 0.15) is 23.1 Å². The highest BCUT2D eigenvalue weighted by Gasteiger charge is 2.11. The SMILES string of the molecule is C=C(CCc1c[nH]c2c(Cl)c(C)ccc12)N(C)Cc1ccc(F)c(F)c1.C=CNC. The summed E-state index contributed by atoms with van der Waals surface area (Å²) < 4.78 is 26.4. The van der Waals surface area contributed by atoms with Gasteiger partial charge in [0.15, 0.2) is 11.6 Å². The van der Waals surface area contributed by atoms with Crippen LogP contribution < -0.4 is 5.32 Å². The molecule has 2 aromatic carbocycles. The Morgan fingerprint density at radius 3 is 2.57 bits per heavy atom. The minimum atomic E-state index is -0.830. The summed E-state index contributed by atoms with van der Waals surface area (Å²) in [6.45, 7) is 9.96. The van der Waals surface area contributed by atoms with Crippen molar-refractivity contribution in [2.45, 2.75) is 26.3 Å². The first-order valence-corrected chi connectivity index (χ1v) is 10.0. The van der Waals surface area contributed by atoms with E-state index in [1.54, 1.807) is 12.3 Å². The standard InChI is InChI=1S/C21H21ClF2N2.C3H7N/c1-13-4-8-17-16(11-25-21(17)20(13)22)7-5-14(2)26(3)12-15-6-9-18(23)19(24)10-15;1-3-4-2/h4,6,8-11,25H,2,5,7,12H2,1,3H3;3-4H,1H2,2H3. The van der Waals surface area contributed by atoms with Crippen LogP contribution in [0.15, 0.2) is 61.6 Å². The first-order valence-electron chi connectivity index (χ1n) is 9.64. The molecule has 3 nitrogen and oxygen atoms in total. The molecule has 0 unspecified atom stereocenters. The summed E-state index contributed by atoms with van der Waals surface area (Å²) in [7, 11) is 3.71. The zero-order valence-electron chi connectivity index (χ0n) is 17.7. The molecule has 0 radical (unpaired) electrons. The number of nitrogens with one attached hydrogen (secondary N) is 2. The number of allylic oxidation sites excluding steroid dienone is 1. The molecule has 0 fully saturated rings. The third kappa shape index (κ3) is 5.86. The van der Waals surface area contributed by atoms with E-state index < -0.39 is 11.6 Å². The van der Waals surface area contributed by atoms with Crippen LogP contribution in [0.4, 0.5) is 8.78 Å². The van der Waals surface area contributed by atoms with E-state index in [0.717, 1.165) is 46.1 Å². The molecule has 0 bridgehead atoms. The molecule has 160 valence electrons. The van der Waals surface area contributed by atoms with Gasteiger partial charge in [0.1, 0.15) is 0 Å². The van der Waals surface area contributed by atoms with E-state index in [1.807, 2.05) is 38.2 Å². The van der Waals surface area contributed by atoms with Gasteiger partial charge in [0.2, 0.25) is 0 Å². The van der Waals surface area contributed by atoms with Crippen LogP contribution in [0.25, 0.3) is 10.9 Å². The maximum absolute atomic E-state index is 13.3. The maximum Gasteiger partial charge on any atom is 0.159 e. The van der Waals surface area contributed by atoms with Gasteiger partial charge in [-0.25, -0.2) is 8.78 Å². The van der Waals surface area contributed by atoms with Crippen molar-refractivity contribution in [2.24, 2.45) is 0 Å². The summed E-state index contributed by atoms with van der Waals surface area (Å²) >= 11 is 6.35. The fraction of sp³-hybridized carbons (Fsp3) is 0.250. The largest absolute Gasteiger partial charge is 0.394 e. The molecule has 0 spiro atoms. The second kappa shape index (κ2) is 10.8. The number of H-pyrrole nitrogens is 1. The van der Waals surface area contributed by atoms with Crippen molar-refractivity contribution in [1.29, 1.82) is 0 Å². The van der Waals surface area contributed by atoms with Gasteiger partial charge in [-0.15, -0.1) is 0 Å². The lowest BCUT2D eigenvalue weighted by molar-refractivity contribution is 0.394. The molecule has 0 saturated carbocycles. The molecular formula is C24H28ClF2N3. The summed E-state index contributed by atoms with van der Waals surface area (Å²) in [6.07, 6.45) is 5.19. The predicted octanol–water partition coefficient (Wildman–Crippen LogP) is 6.34. The number of benzene rings is 2. The minimum Gasteiger partial charge on any atom is -0.394 e. The van der Waals surface area contributed by atoms with Gasteiger partial charge in [0.25, 0.3) is 0 Å². The quantitative estimate of drug-likeness (QED) is 0.457. The summed E-state index contributed by atoms with van der Waals surface area (Å²) in [6, 6.07) is 8.07. The molecule has 2 N–H and O–H groups in total. The lowest BCUT2D eigenvalue weighted by atomic mass is 10.1. The highest BCUT2D eigenvalue weighted by atomic mass is 35.5. The Kier molecular flexibility index (Phi) is 8.48. The molecule has 3 aromatic rings. The molecule has 30 heavy (non-hydrogen) atoms. The molecule has 6 heteroatoms. The highest BCUT2D eigenvalue weighted by Crippen LogP contribution is 2.29. The Hall–Kier alpha value is -2.79. The van der Waals surface area contributed by atoms with Crippen molar-refractivity contribution in [1.82, 2.24) is 15.2 Å². The van der Waals surface area contributed by atoms with Gasteiger partial charge in [-0.1, -0.05) is 43.0 Å². The van der Waals surface area contributed by atoms with Crippen LogP contribution in [0, 0.1) is 18.6 Å². The lowest BCUT2D eigenvalue weighted by Crippen LogP contribution is -2.17. The Balaban J connectivity index is 0.000000735. The number of rotatable bonds is 7. The van der Waals surface area contributed by atoms with E-state index in [9.17, 15) is 8.78 Å². The van der Waals surface area contributed by atoms with Crippen molar-refractivity contribution in [3.8, 4) is 0 Å². The van der Waals surface area contributed by atoms with Crippen LogP contribution in [-0.4, -0.2) is 24.0 Å². The molecule has 3 rings (SSSR count). The first kappa shape index (κ1) is 23.5. The van der Waals surface area contributed by atoms with E-state index in [0.29, 0.717) is 12.1 Å². The highest BCUT2D eigenvalue weighted by molar-refractivity contribution is 6.36. The number of aromatic nitrogens is 1. The molecule has 0 aliphatic carbocycles.